The van der Waals surface area contributed by atoms with E-state index in [1.807, 2.05) is 6.92 Å². The Labute approximate surface area is 182 Å². The van der Waals surface area contributed by atoms with Gasteiger partial charge in [-0.1, -0.05) is 12.1 Å². The van der Waals surface area contributed by atoms with Crippen LogP contribution in [0.25, 0.3) is 0 Å². The van der Waals surface area contributed by atoms with Crippen LogP contribution in [0.1, 0.15) is 59.2 Å². The number of esters is 1. The van der Waals surface area contributed by atoms with Gasteiger partial charge in [0, 0.05) is 38.2 Å². The Hall–Kier alpha value is -2.67. The highest BCUT2D eigenvalue weighted by Gasteiger charge is 2.37. The minimum absolute atomic E-state index is 0.149. The Balaban J connectivity index is 1.56. The SMILES string of the molecule is CCOC(=O)[C@H]1CCCCN1C(=O)c1c(C)oc2c1CN(Cc1ccc(F)cc1)CC2. The molecule has 1 saturated heterocycles. The summed E-state index contributed by atoms with van der Waals surface area (Å²) < 4.78 is 24.4. The number of ether oxygens (including phenoxy) is 1. The summed E-state index contributed by atoms with van der Waals surface area (Å²) in [6.45, 7) is 6.51. The van der Waals surface area contributed by atoms with Crippen LogP contribution in [-0.4, -0.2) is 47.4 Å². The number of aryl methyl sites for hydroxylation is 1. The van der Waals surface area contributed by atoms with Gasteiger partial charge >= 0.3 is 5.97 Å². The van der Waals surface area contributed by atoms with E-state index in [4.69, 9.17) is 9.15 Å². The summed E-state index contributed by atoms with van der Waals surface area (Å²) in [7, 11) is 0. The Morgan fingerprint density at radius 1 is 1.19 bits per heavy atom. The molecule has 1 fully saturated rings. The summed E-state index contributed by atoms with van der Waals surface area (Å²) in [5.74, 6) is 0.723. The molecule has 1 atom stereocenters. The maximum Gasteiger partial charge on any atom is 0.328 e. The molecule has 1 aromatic carbocycles. The van der Waals surface area contributed by atoms with E-state index in [0.29, 0.717) is 50.4 Å². The molecule has 31 heavy (non-hydrogen) atoms. The lowest BCUT2D eigenvalue weighted by Crippen LogP contribution is -2.49. The molecule has 1 aromatic heterocycles. The van der Waals surface area contributed by atoms with Crippen molar-refractivity contribution in [2.75, 3.05) is 19.7 Å². The molecule has 2 aromatic rings. The molecule has 0 bridgehead atoms. The van der Waals surface area contributed by atoms with Gasteiger partial charge in [0.05, 0.1) is 12.2 Å². The number of furan rings is 1. The normalized spacial score (nSPS) is 19.2. The van der Waals surface area contributed by atoms with Crippen LogP contribution in [0.4, 0.5) is 4.39 Å². The zero-order valence-electron chi connectivity index (χ0n) is 18.2. The van der Waals surface area contributed by atoms with Crippen LogP contribution in [0.3, 0.4) is 0 Å². The van der Waals surface area contributed by atoms with Crippen LogP contribution in [0.5, 0.6) is 0 Å². The Kier molecular flexibility index (Phi) is 6.41. The van der Waals surface area contributed by atoms with Crippen LogP contribution in [-0.2, 0) is 29.0 Å². The molecule has 7 heteroatoms. The van der Waals surface area contributed by atoms with Crippen molar-refractivity contribution in [2.45, 2.75) is 58.7 Å². The van der Waals surface area contributed by atoms with Crippen LogP contribution in [0.15, 0.2) is 28.7 Å². The molecule has 0 spiro atoms. The summed E-state index contributed by atoms with van der Waals surface area (Å²) in [5, 5.41) is 0. The standard InChI is InChI=1S/C24H29FN2O4/c1-3-30-24(29)20-6-4-5-12-27(20)23(28)22-16(2)31-21-11-13-26(15-19(21)22)14-17-7-9-18(25)10-8-17/h7-10,20H,3-6,11-15H2,1-2H3/t20-/m1/s1. The first-order valence-corrected chi connectivity index (χ1v) is 11.0. The van der Waals surface area contributed by atoms with Gasteiger partial charge in [0.25, 0.3) is 5.91 Å². The van der Waals surface area contributed by atoms with E-state index in [0.717, 1.165) is 36.3 Å². The molecule has 2 aliphatic rings. The first kappa shape index (κ1) is 21.6. The number of fused-ring (bicyclic) bond motifs is 1. The topological polar surface area (TPSA) is 63.0 Å². The van der Waals surface area contributed by atoms with Crippen molar-refractivity contribution in [3.05, 3.63) is 58.3 Å². The molecule has 0 unspecified atom stereocenters. The molecule has 0 N–H and O–H groups in total. The third-order valence-electron chi connectivity index (χ3n) is 6.16. The molecule has 6 nitrogen and oxygen atoms in total. The van der Waals surface area contributed by atoms with E-state index >= 15 is 0 Å². The van der Waals surface area contributed by atoms with Gasteiger partial charge in [0.15, 0.2) is 0 Å². The fraction of sp³-hybridized carbons (Fsp3) is 0.500. The minimum Gasteiger partial charge on any atom is -0.465 e. The number of benzene rings is 1. The molecule has 3 heterocycles. The lowest BCUT2D eigenvalue weighted by molar-refractivity contribution is -0.149. The number of halogens is 1. The monoisotopic (exact) mass is 428 g/mol. The van der Waals surface area contributed by atoms with Gasteiger partial charge in [0.1, 0.15) is 23.4 Å². The van der Waals surface area contributed by atoms with Gasteiger partial charge in [-0.3, -0.25) is 9.69 Å². The minimum atomic E-state index is -0.537. The number of hydrogen-bond donors (Lipinski definition) is 0. The summed E-state index contributed by atoms with van der Waals surface area (Å²) >= 11 is 0. The molecule has 0 saturated carbocycles. The zero-order valence-corrected chi connectivity index (χ0v) is 18.2. The van der Waals surface area contributed by atoms with E-state index in [-0.39, 0.29) is 17.7 Å². The molecule has 0 radical (unpaired) electrons. The second kappa shape index (κ2) is 9.22. The maximum atomic E-state index is 13.6. The van der Waals surface area contributed by atoms with Gasteiger partial charge in [-0.05, 0) is 50.8 Å². The van der Waals surface area contributed by atoms with E-state index in [1.165, 1.54) is 12.1 Å². The molecule has 166 valence electrons. The van der Waals surface area contributed by atoms with Gasteiger partial charge in [-0.2, -0.15) is 0 Å². The van der Waals surface area contributed by atoms with Gasteiger partial charge in [0.2, 0.25) is 0 Å². The first-order chi connectivity index (χ1) is 15.0. The van der Waals surface area contributed by atoms with Crippen molar-refractivity contribution in [1.82, 2.24) is 9.80 Å². The number of hydrogen-bond acceptors (Lipinski definition) is 5. The van der Waals surface area contributed by atoms with Crippen molar-refractivity contribution >= 4 is 11.9 Å². The molecule has 2 aliphatic heterocycles. The Morgan fingerprint density at radius 3 is 2.71 bits per heavy atom. The number of carbonyl (C=O) groups excluding carboxylic acids is 2. The fourth-order valence-electron chi connectivity index (χ4n) is 4.65. The maximum absolute atomic E-state index is 13.6. The van der Waals surface area contributed by atoms with Crippen molar-refractivity contribution < 1.29 is 23.1 Å². The van der Waals surface area contributed by atoms with Crippen molar-refractivity contribution in [3.8, 4) is 0 Å². The molecular formula is C24H29FN2O4. The molecule has 1 amide bonds. The summed E-state index contributed by atoms with van der Waals surface area (Å²) in [5.41, 5.74) is 2.51. The Morgan fingerprint density at radius 2 is 1.97 bits per heavy atom. The summed E-state index contributed by atoms with van der Waals surface area (Å²) in [4.78, 5) is 29.9. The predicted molar refractivity (Wildman–Crippen MR) is 113 cm³/mol. The predicted octanol–water partition coefficient (Wildman–Crippen LogP) is 3.84. The van der Waals surface area contributed by atoms with Gasteiger partial charge in [-0.15, -0.1) is 0 Å². The molecule has 4 rings (SSSR count). The van der Waals surface area contributed by atoms with Crippen LogP contribution in [0.2, 0.25) is 0 Å². The van der Waals surface area contributed by atoms with E-state index < -0.39 is 6.04 Å². The third-order valence-corrected chi connectivity index (χ3v) is 6.16. The summed E-state index contributed by atoms with van der Waals surface area (Å²) in [6.07, 6.45) is 3.12. The third kappa shape index (κ3) is 4.51. The first-order valence-electron chi connectivity index (χ1n) is 11.0. The highest BCUT2D eigenvalue weighted by molar-refractivity contribution is 5.99. The Bertz CT molecular complexity index is 953. The number of carbonyl (C=O) groups is 2. The average molecular weight is 429 g/mol. The zero-order chi connectivity index (χ0) is 22.0. The van der Waals surface area contributed by atoms with Gasteiger partial charge < -0.3 is 14.1 Å². The summed E-state index contributed by atoms with van der Waals surface area (Å²) in [6, 6.07) is 5.97. The van der Waals surface area contributed by atoms with E-state index in [9.17, 15) is 14.0 Å². The number of piperidine rings is 1. The van der Waals surface area contributed by atoms with Crippen LogP contribution >= 0.6 is 0 Å². The number of nitrogens with zero attached hydrogens (tertiary/aromatic N) is 2. The lowest BCUT2D eigenvalue weighted by atomic mass is 9.97. The van der Waals surface area contributed by atoms with Crippen LogP contribution in [0, 0.1) is 12.7 Å². The van der Waals surface area contributed by atoms with E-state index in [2.05, 4.69) is 4.90 Å². The van der Waals surface area contributed by atoms with Crippen molar-refractivity contribution in [3.63, 3.8) is 0 Å². The number of rotatable bonds is 5. The van der Waals surface area contributed by atoms with Crippen LogP contribution < -0.4 is 0 Å². The van der Waals surface area contributed by atoms with Crippen molar-refractivity contribution in [1.29, 1.82) is 0 Å². The van der Waals surface area contributed by atoms with E-state index in [1.54, 1.807) is 24.0 Å². The second-order valence-electron chi connectivity index (χ2n) is 8.28. The van der Waals surface area contributed by atoms with Crippen molar-refractivity contribution in [2.24, 2.45) is 0 Å². The fourth-order valence-corrected chi connectivity index (χ4v) is 4.65. The number of amides is 1. The smallest absolute Gasteiger partial charge is 0.328 e. The molecular weight excluding hydrogens is 399 g/mol. The highest BCUT2D eigenvalue weighted by Crippen LogP contribution is 2.31. The quantitative estimate of drug-likeness (QED) is 0.677. The highest BCUT2D eigenvalue weighted by atomic mass is 19.1. The number of likely N-dealkylation sites (tertiary alicyclic amines) is 1. The average Bonchev–Trinajstić information content (AvgIpc) is 3.10. The lowest BCUT2D eigenvalue weighted by Gasteiger charge is -2.34. The largest absolute Gasteiger partial charge is 0.465 e. The second-order valence-corrected chi connectivity index (χ2v) is 8.28. The molecule has 0 aliphatic carbocycles. The van der Waals surface area contributed by atoms with Gasteiger partial charge in [-0.25, -0.2) is 9.18 Å².